The summed E-state index contributed by atoms with van der Waals surface area (Å²) < 4.78 is 10.3. The zero-order valence-corrected chi connectivity index (χ0v) is 14.1. The third kappa shape index (κ3) is 4.03. The van der Waals surface area contributed by atoms with E-state index in [1.54, 1.807) is 12.3 Å². The van der Waals surface area contributed by atoms with Gasteiger partial charge in [0, 0.05) is 12.6 Å². The van der Waals surface area contributed by atoms with Gasteiger partial charge in [-0.2, -0.15) is 0 Å². The number of rotatable bonds is 7. The van der Waals surface area contributed by atoms with Gasteiger partial charge >= 0.3 is 0 Å². The highest BCUT2D eigenvalue weighted by Gasteiger charge is 2.16. The molecule has 22 heavy (non-hydrogen) atoms. The summed E-state index contributed by atoms with van der Waals surface area (Å²) in [4.78, 5) is 2.13. The zero-order chi connectivity index (χ0) is 16.1. The second-order valence-corrected chi connectivity index (χ2v) is 5.82. The van der Waals surface area contributed by atoms with Crippen molar-refractivity contribution in [2.24, 2.45) is 0 Å². The molecule has 4 nitrogen and oxygen atoms in total. The lowest BCUT2D eigenvalue weighted by Gasteiger charge is -2.23. The number of hydrogen-bond acceptors (Lipinski definition) is 4. The molecule has 0 saturated carbocycles. The van der Waals surface area contributed by atoms with Crippen LogP contribution < -0.4 is 4.74 Å². The Balaban J connectivity index is 2.11. The molecule has 2 rings (SSSR count). The Hall–Kier alpha value is -1.49. The Morgan fingerprint density at radius 3 is 2.64 bits per heavy atom. The van der Waals surface area contributed by atoms with Crippen LogP contribution in [0.2, 0.25) is 10.0 Å². The summed E-state index contributed by atoms with van der Waals surface area (Å²) in [5.74, 6) is 0.485. The number of benzene rings is 1. The summed E-state index contributed by atoms with van der Waals surface area (Å²) in [7, 11) is 2.00. The maximum absolute atomic E-state index is 6.24. The Morgan fingerprint density at radius 2 is 2.09 bits per heavy atom. The third-order valence-electron chi connectivity index (χ3n) is 3.38. The lowest BCUT2D eigenvalue weighted by atomic mass is 10.1. The van der Waals surface area contributed by atoms with Gasteiger partial charge in [0.15, 0.2) is 5.75 Å². The first kappa shape index (κ1) is 16.9. The van der Waals surface area contributed by atoms with E-state index >= 15 is 0 Å². The second kappa shape index (κ2) is 7.68. The molecule has 2 aromatic rings. The van der Waals surface area contributed by atoms with E-state index in [2.05, 4.69) is 23.6 Å². The van der Waals surface area contributed by atoms with Gasteiger partial charge in [0.05, 0.1) is 16.1 Å². The molecule has 0 bridgehead atoms. The van der Waals surface area contributed by atoms with Gasteiger partial charge in [0.2, 0.25) is 0 Å². The standard InChI is InChI=1S/C16H18Cl2N2O2/c1-4-6-21-16-13(17)8-12(9-14(16)18)10-20(3)11(2)15-5-7-22-19-15/h4-5,7-9,11H,1,6,10H2,2-3H3/t11-/m0/s1. The fourth-order valence-corrected chi connectivity index (χ4v) is 2.71. The summed E-state index contributed by atoms with van der Waals surface area (Å²) in [6, 6.07) is 5.69. The summed E-state index contributed by atoms with van der Waals surface area (Å²) >= 11 is 12.5. The Morgan fingerprint density at radius 1 is 1.41 bits per heavy atom. The van der Waals surface area contributed by atoms with Gasteiger partial charge in [0.1, 0.15) is 18.6 Å². The number of ether oxygens (including phenoxy) is 1. The average molecular weight is 341 g/mol. The van der Waals surface area contributed by atoms with Crippen molar-refractivity contribution in [2.75, 3.05) is 13.7 Å². The smallest absolute Gasteiger partial charge is 0.156 e. The molecule has 0 fully saturated rings. The molecule has 1 aromatic heterocycles. The predicted molar refractivity (Wildman–Crippen MR) is 88.5 cm³/mol. The first-order chi connectivity index (χ1) is 10.5. The monoisotopic (exact) mass is 340 g/mol. The first-order valence-corrected chi connectivity index (χ1v) is 7.60. The fourth-order valence-electron chi connectivity index (χ4n) is 2.07. The molecule has 0 saturated heterocycles. The topological polar surface area (TPSA) is 38.5 Å². The largest absolute Gasteiger partial charge is 0.486 e. The van der Waals surface area contributed by atoms with Crippen LogP contribution in [0.3, 0.4) is 0 Å². The Labute approximate surface area is 140 Å². The minimum Gasteiger partial charge on any atom is -0.486 e. The lowest BCUT2D eigenvalue weighted by molar-refractivity contribution is 0.240. The first-order valence-electron chi connectivity index (χ1n) is 6.85. The van der Waals surface area contributed by atoms with E-state index in [0.29, 0.717) is 28.9 Å². The minimum atomic E-state index is 0.119. The molecule has 0 radical (unpaired) electrons. The van der Waals surface area contributed by atoms with Crippen LogP contribution >= 0.6 is 23.2 Å². The van der Waals surface area contributed by atoms with Crippen molar-refractivity contribution in [1.82, 2.24) is 10.1 Å². The minimum absolute atomic E-state index is 0.119. The average Bonchev–Trinajstić information content (AvgIpc) is 2.99. The Kier molecular flexibility index (Phi) is 5.89. The van der Waals surface area contributed by atoms with E-state index in [-0.39, 0.29) is 6.04 Å². The maximum atomic E-state index is 6.24. The zero-order valence-electron chi connectivity index (χ0n) is 12.6. The molecule has 1 atom stereocenters. The van der Waals surface area contributed by atoms with E-state index in [9.17, 15) is 0 Å². The van der Waals surface area contributed by atoms with Crippen molar-refractivity contribution in [2.45, 2.75) is 19.5 Å². The molecular weight excluding hydrogens is 323 g/mol. The van der Waals surface area contributed by atoms with Crippen molar-refractivity contribution in [3.63, 3.8) is 0 Å². The Bertz CT molecular complexity index is 606. The number of nitrogens with zero attached hydrogens (tertiary/aromatic N) is 2. The molecular formula is C16H18Cl2N2O2. The molecule has 1 aromatic carbocycles. The molecule has 0 amide bonds. The van der Waals surface area contributed by atoms with Crippen molar-refractivity contribution in [1.29, 1.82) is 0 Å². The van der Waals surface area contributed by atoms with E-state index in [0.717, 1.165) is 11.3 Å². The maximum Gasteiger partial charge on any atom is 0.156 e. The summed E-state index contributed by atoms with van der Waals surface area (Å²) in [6.07, 6.45) is 3.22. The van der Waals surface area contributed by atoms with E-state index < -0.39 is 0 Å². The van der Waals surface area contributed by atoms with Crippen molar-refractivity contribution in [3.05, 3.63) is 58.4 Å². The van der Waals surface area contributed by atoms with Crippen molar-refractivity contribution >= 4 is 23.2 Å². The fraction of sp³-hybridized carbons (Fsp3) is 0.312. The van der Waals surface area contributed by atoms with Crippen LogP contribution in [0.1, 0.15) is 24.2 Å². The molecule has 6 heteroatoms. The second-order valence-electron chi connectivity index (χ2n) is 5.00. The lowest BCUT2D eigenvalue weighted by Crippen LogP contribution is -2.22. The number of aromatic nitrogens is 1. The van der Waals surface area contributed by atoms with Crippen LogP contribution in [0.4, 0.5) is 0 Å². The van der Waals surface area contributed by atoms with Gasteiger partial charge in [0.25, 0.3) is 0 Å². The van der Waals surface area contributed by atoms with Crippen molar-refractivity contribution in [3.8, 4) is 5.75 Å². The van der Waals surface area contributed by atoms with Gasteiger partial charge in [-0.1, -0.05) is 41.0 Å². The molecule has 0 spiro atoms. The normalized spacial score (nSPS) is 12.4. The van der Waals surface area contributed by atoms with Crippen molar-refractivity contribution < 1.29 is 9.26 Å². The molecule has 0 unspecified atom stereocenters. The van der Waals surface area contributed by atoms with E-state index in [4.69, 9.17) is 32.5 Å². The molecule has 0 aliphatic heterocycles. The van der Waals surface area contributed by atoms with Crippen LogP contribution in [0.25, 0.3) is 0 Å². The van der Waals surface area contributed by atoms with E-state index in [1.807, 2.05) is 25.2 Å². The SMILES string of the molecule is C=CCOc1c(Cl)cc(CN(C)[C@@H](C)c2ccon2)cc1Cl. The van der Waals surface area contributed by atoms with Gasteiger partial charge in [-0.15, -0.1) is 0 Å². The predicted octanol–water partition coefficient (Wildman–Crippen LogP) is 4.74. The van der Waals surface area contributed by atoms with E-state index in [1.165, 1.54) is 0 Å². The number of hydrogen-bond donors (Lipinski definition) is 0. The van der Waals surface area contributed by atoms with Crippen LogP contribution in [-0.4, -0.2) is 23.7 Å². The summed E-state index contributed by atoms with van der Waals surface area (Å²) in [6.45, 7) is 6.70. The third-order valence-corrected chi connectivity index (χ3v) is 3.94. The molecule has 0 aliphatic rings. The van der Waals surface area contributed by atoms with Crippen LogP contribution in [0.15, 0.2) is 41.6 Å². The molecule has 0 N–H and O–H groups in total. The number of halogens is 2. The van der Waals surface area contributed by atoms with Gasteiger partial charge < -0.3 is 9.26 Å². The molecule has 118 valence electrons. The molecule has 0 aliphatic carbocycles. The summed E-state index contributed by atoms with van der Waals surface area (Å²) in [5.41, 5.74) is 1.88. The van der Waals surface area contributed by atoms with Crippen LogP contribution in [0, 0.1) is 0 Å². The molecule has 1 heterocycles. The highest BCUT2D eigenvalue weighted by Crippen LogP contribution is 2.35. The summed E-state index contributed by atoms with van der Waals surface area (Å²) in [5, 5.41) is 4.95. The van der Waals surface area contributed by atoms with Gasteiger partial charge in [-0.25, -0.2) is 0 Å². The van der Waals surface area contributed by atoms with Gasteiger partial charge in [-0.05, 0) is 31.7 Å². The quantitative estimate of drug-likeness (QED) is 0.682. The van der Waals surface area contributed by atoms with Crippen LogP contribution in [-0.2, 0) is 6.54 Å². The highest BCUT2D eigenvalue weighted by atomic mass is 35.5. The highest BCUT2D eigenvalue weighted by molar-refractivity contribution is 6.37. The van der Waals surface area contributed by atoms with Crippen LogP contribution in [0.5, 0.6) is 5.75 Å². The van der Waals surface area contributed by atoms with Gasteiger partial charge in [-0.3, -0.25) is 4.90 Å².